The van der Waals surface area contributed by atoms with Crippen LogP contribution in [0.25, 0.3) is 5.57 Å². The van der Waals surface area contributed by atoms with E-state index in [1.807, 2.05) is 0 Å². The summed E-state index contributed by atoms with van der Waals surface area (Å²) in [4.78, 5) is 11.4. The Morgan fingerprint density at radius 2 is 2.36 bits per heavy atom. The van der Waals surface area contributed by atoms with Crippen molar-refractivity contribution >= 4 is 5.57 Å². The Labute approximate surface area is 82.6 Å². The fourth-order valence-corrected chi connectivity index (χ4v) is 1.12. The number of pyridine rings is 1. The SMILES string of the molecule is C=CC(=C)c1ccn(CCO)c(=O)c1. The maximum Gasteiger partial charge on any atom is 0.251 e. The summed E-state index contributed by atoms with van der Waals surface area (Å²) in [6, 6.07) is 3.26. The van der Waals surface area contributed by atoms with Gasteiger partial charge in [-0.25, -0.2) is 0 Å². The van der Waals surface area contributed by atoms with Crippen LogP contribution in [0.15, 0.2) is 42.4 Å². The van der Waals surface area contributed by atoms with Crippen LogP contribution in [0.1, 0.15) is 5.56 Å². The largest absolute Gasteiger partial charge is 0.395 e. The number of aliphatic hydroxyl groups is 1. The molecule has 1 rings (SSSR count). The highest BCUT2D eigenvalue weighted by molar-refractivity contribution is 5.70. The van der Waals surface area contributed by atoms with Crippen LogP contribution in [0.3, 0.4) is 0 Å². The number of aliphatic hydroxyl groups excluding tert-OH is 1. The molecule has 0 spiro atoms. The third-order valence-corrected chi connectivity index (χ3v) is 1.95. The zero-order valence-electron chi connectivity index (χ0n) is 7.94. The maximum absolute atomic E-state index is 11.4. The van der Waals surface area contributed by atoms with Gasteiger partial charge in [-0.05, 0) is 17.2 Å². The van der Waals surface area contributed by atoms with Gasteiger partial charge >= 0.3 is 0 Å². The Morgan fingerprint density at radius 1 is 1.64 bits per heavy atom. The van der Waals surface area contributed by atoms with Gasteiger partial charge in [0.15, 0.2) is 0 Å². The van der Waals surface area contributed by atoms with Gasteiger partial charge in [0.1, 0.15) is 0 Å². The lowest BCUT2D eigenvalue weighted by Crippen LogP contribution is -2.20. The lowest BCUT2D eigenvalue weighted by molar-refractivity contribution is 0.274. The predicted octanol–water partition coefficient (Wildman–Crippen LogP) is 1.04. The van der Waals surface area contributed by atoms with Crippen LogP contribution in [-0.2, 0) is 6.54 Å². The minimum Gasteiger partial charge on any atom is -0.395 e. The summed E-state index contributed by atoms with van der Waals surface area (Å²) in [5, 5.41) is 8.68. The van der Waals surface area contributed by atoms with Crippen LogP contribution in [0, 0.1) is 0 Å². The highest BCUT2D eigenvalue weighted by atomic mass is 16.3. The average Bonchev–Trinajstić information content (AvgIpc) is 2.20. The minimum atomic E-state index is -0.139. The van der Waals surface area contributed by atoms with E-state index in [9.17, 15) is 4.79 Å². The van der Waals surface area contributed by atoms with Crippen molar-refractivity contribution in [3.05, 3.63) is 53.5 Å². The summed E-state index contributed by atoms with van der Waals surface area (Å²) in [6.07, 6.45) is 3.24. The van der Waals surface area contributed by atoms with E-state index in [2.05, 4.69) is 13.2 Å². The second-order valence-electron chi connectivity index (χ2n) is 2.90. The highest BCUT2D eigenvalue weighted by Crippen LogP contribution is 2.09. The number of aromatic nitrogens is 1. The van der Waals surface area contributed by atoms with Crippen molar-refractivity contribution in [2.24, 2.45) is 0 Å². The molecule has 1 aromatic rings. The van der Waals surface area contributed by atoms with E-state index in [1.54, 1.807) is 18.3 Å². The lowest BCUT2D eigenvalue weighted by atomic mass is 10.1. The maximum atomic E-state index is 11.4. The van der Waals surface area contributed by atoms with E-state index in [4.69, 9.17) is 5.11 Å². The Morgan fingerprint density at radius 3 is 2.86 bits per heavy atom. The van der Waals surface area contributed by atoms with Gasteiger partial charge in [-0.3, -0.25) is 4.79 Å². The normalized spacial score (nSPS) is 9.79. The van der Waals surface area contributed by atoms with Gasteiger partial charge < -0.3 is 9.67 Å². The monoisotopic (exact) mass is 191 g/mol. The lowest BCUT2D eigenvalue weighted by Gasteiger charge is -2.04. The molecule has 0 aliphatic carbocycles. The van der Waals surface area contributed by atoms with E-state index >= 15 is 0 Å². The van der Waals surface area contributed by atoms with E-state index in [0.29, 0.717) is 6.54 Å². The fourth-order valence-electron chi connectivity index (χ4n) is 1.12. The van der Waals surface area contributed by atoms with Gasteiger partial charge in [0.2, 0.25) is 0 Å². The summed E-state index contributed by atoms with van der Waals surface area (Å²) in [5.41, 5.74) is 1.34. The molecule has 0 fully saturated rings. The first kappa shape index (κ1) is 10.5. The molecule has 74 valence electrons. The smallest absolute Gasteiger partial charge is 0.251 e. The van der Waals surface area contributed by atoms with E-state index in [0.717, 1.165) is 11.1 Å². The summed E-state index contributed by atoms with van der Waals surface area (Å²) in [6.45, 7) is 7.60. The topological polar surface area (TPSA) is 42.2 Å². The number of hydrogen-bond donors (Lipinski definition) is 1. The molecule has 1 aromatic heterocycles. The van der Waals surface area contributed by atoms with E-state index < -0.39 is 0 Å². The third-order valence-electron chi connectivity index (χ3n) is 1.95. The van der Waals surface area contributed by atoms with Gasteiger partial charge in [0.05, 0.1) is 6.61 Å². The Balaban J connectivity index is 3.06. The molecule has 0 aromatic carbocycles. The van der Waals surface area contributed by atoms with Crippen LogP contribution in [0.2, 0.25) is 0 Å². The van der Waals surface area contributed by atoms with Gasteiger partial charge in [-0.2, -0.15) is 0 Å². The van der Waals surface area contributed by atoms with Crippen LogP contribution in [0.4, 0.5) is 0 Å². The van der Waals surface area contributed by atoms with Gasteiger partial charge in [-0.1, -0.05) is 19.2 Å². The van der Waals surface area contributed by atoms with Crippen LogP contribution in [0.5, 0.6) is 0 Å². The van der Waals surface area contributed by atoms with Crippen molar-refractivity contribution in [3.8, 4) is 0 Å². The van der Waals surface area contributed by atoms with Gasteiger partial charge in [0, 0.05) is 18.8 Å². The Bertz CT molecular complexity index is 404. The first-order valence-corrected chi connectivity index (χ1v) is 4.32. The molecule has 1 heterocycles. The Kier molecular flexibility index (Phi) is 3.42. The number of rotatable bonds is 4. The zero-order chi connectivity index (χ0) is 10.6. The number of nitrogens with zero attached hydrogens (tertiary/aromatic N) is 1. The average molecular weight is 191 g/mol. The van der Waals surface area contributed by atoms with Crippen molar-refractivity contribution in [2.75, 3.05) is 6.61 Å². The van der Waals surface area contributed by atoms with Crippen molar-refractivity contribution in [1.29, 1.82) is 0 Å². The molecule has 0 radical (unpaired) electrons. The quantitative estimate of drug-likeness (QED) is 0.722. The molecular weight excluding hydrogens is 178 g/mol. The predicted molar refractivity (Wildman–Crippen MR) is 57.0 cm³/mol. The molecule has 3 nitrogen and oxygen atoms in total. The highest BCUT2D eigenvalue weighted by Gasteiger charge is 1.98. The second-order valence-corrected chi connectivity index (χ2v) is 2.90. The van der Waals surface area contributed by atoms with Crippen LogP contribution >= 0.6 is 0 Å². The standard InChI is InChI=1S/C11H13NO2/c1-3-9(2)10-4-5-12(6-7-13)11(14)8-10/h3-5,8,13H,1-2,6-7H2. The molecule has 0 saturated heterocycles. The van der Waals surface area contributed by atoms with Gasteiger partial charge in [0.25, 0.3) is 5.56 Å². The van der Waals surface area contributed by atoms with Crippen LogP contribution < -0.4 is 5.56 Å². The molecule has 0 bridgehead atoms. The summed E-state index contributed by atoms with van der Waals surface area (Å²) >= 11 is 0. The summed E-state index contributed by atoms with van der Waals surface area (Å²) in [5.74, 6) is 0. The second kappa shape index (κ2) is 4.58. The molecule has 0 aliphatic heterocycles. The molecule has 0 aliphatic rings. The first-order chi connectivity index (χ1) is 6.69. The first-order valence-electron chi connectivity index (χ1n) is 4.32. The van der Waals surface area contributed by atoms with Crippen molar-refractivity contribution < 1.29 is 5.11 Å². The van der Waals surface area contributed by atoms with Crippen LogP contribution in [-0.4, -0.2) is 16.3 Å². The number of hydrogen-bond acceptors (Lipinski definition) is 2. The third kappa shape index (κ3) is 2.20. The molecule has 0 saturated carbocycles. The number of allylic oxidation sites excluding steroid dienone is 2. The minimum absolute atomic E-state index is 0.0400. The van der Waals surface area contributed by atoms with Crippen molar-refractivity contribution in [2.45, 2.75) is 6.54 Å². The van der Waals surface area contributed by atoms with Crippen molar-refractivity contribution in [3.63, 3.8) is 0 Å². The van der Waals surface area contributed by atoms with Gasteiger partial charge in [-0.15, -0.1) is 0 Å². The molecule has 0 atom stereocenters. The van der Waals surface area contributed by atoms with E-state index in [-0.39, 0.29) is 12.2 Å². The molecule has 3 heteroatoms. The fraction of sp³-hybridized carbons (Fsp3) is 0.182. The molecular formula is C11H13NO2. The molecule has 0 unspecified atom stereocenters. The molecule has 0 amide bonds. The van der Waals surface area contributed by atoms with E-state index in [1.165, 1.54) is 10.6 Å². The summed E-state index contributed by atoms with van der Waals surface area (Å²) < 4.78 is 1.44. The van der Waals surface area contributed by atoms with Crippen molar-refractivity contribution in [1.82, 2.24) is 4.57 Å². The Hall–Kier alpha value is -1.61. The zero-order valence-corrected chi connectivity index (χ0v) is 7.94. The molecule has 14 heavy (non-hydrogen) atoms. The summed E-state index contributed by atoms with van der Waals surface area (Å²) in [7, 11) is 0. The molecule has 1 N–H and O–H groups in total.